The summed E-state index contributed by atoms with van der Waals surface area (Å²) in [5, 5.41) is 0. The Kier molecular flexibility index (Phi) is 3.79. The number of ketones is 1. The van der Waals surface area contributed by atoms with Crippen LogP contribution in [0.5, 0.6) is 0 Å². The molecular weight excluding hydrogens is 234 g/mol. The SMILES string of the molecule is CC(=O)C(c1ccncc1)c1c(C)cc(C)cc1C. The van der Waals surface area contributed by atoms with E-state index in [1.807, 2.05) is 12.1 Å². The van der Waals surface area contributed by atoms with Gasteiger partial charge in [-0.2, -0.15) is 0 Å². The normalized spacial score (nSPS) is 12.2. The Balaban J connectivity index is 2.62. The number of carbonyl (C=O) groups excluding carboxylic acids is 1. The van der Waals surface area contributed by atoms with Crippen molar-refractivity contribution in [3.8, 4) is 0 Å². The minimum Gasteiger partial charge on any atom is -0.299 e. The maximum Gasteiger partial charge on any atom is 0.141 e. The smallest absolute Gasteiger partial charge is 0.141 e. The van der Waals surface area contributed by atoms with E-state index < -0.39 is 0 Å². The summed E-state index contributed by atoms with van der Waals surface area (Å²) in [6.45, 7) is 7.89. The van der Waals surface area contributed by atoms with E-state index in [4.69, 9.17) is 0 Å². The van der Waals surface area contributed by atoms with Crippen molar-refractivity contribution in [1.29, 1.82) is 0 Å². The van der Waals surface area contributed by atoms with Gasteiger partial charge in [0.25, 0.3) is 0 Å². The second kappa shape index (κ2) is 5.35. The lowest BCUT2D eigenvalue weighted by Crippen LogP contribution is -2.14. The van der Waals surface area contributed by atoms with Crippen molar-refractivity contribution >= 4 is 5.78 Å². The number of Topliss-reactive ketones (excluding diaryl/α,β-unsaturated/α-hetero) is 1. The van der Waals surface area contributed by atoms with Gasteiger partial charge in [-0.3, -0.25) is 9.78 Å². The first-order valence-corrected chi connectivity index (χ1v) is 6.49. The molecule has 0 N–H and O–H groups in total. The number of benzene rings is 1. The first-order valence-electron chi connectivity index (χ1n) is 6.49. The van der Waals surface area contributed by atoms with Crippen molar-refractivity contribution in [2.24, 2.45) is 0 Å². The number of pyridine rings is 1. The molecule has 1 aromatic heterocycles. The quantitative estimate of drug-likeness (QED) is 0.834. The number of aromatic nitrogens is 1. The van der Waals surface area contributed by atoms with E-state index in [0.29, 0.717) is 0 Å². The molecular formula is C17H19NO. The number of hydrogen-bond acceptors (Lipinski definition) is 2. The summed E-state index contributed by atoms with van der Waals surface area (Å²) in [6, 6.07) is 8.12. The van der Waals surface area contributed by atoms with Crippen LogP contribution < -0.4 is 0 Å². The average molecular weight is 253 g/mol. The van der Waals surface area contributed by atoms with Gasteiger partial charge in [-0.05, 0) is 62.1 Å². The molecule has 0 saturated carbocycles. The van der Waals surface area contributed by atoms with E-state index in [9.17, 15) is 4.79 Å². The summed E-state index contributed by atoms with van der Waals surface area (Å²) >= 11 is 0. The first-order chi connectivity index (χ1) is 9.00. The largest absolute Gasteiger partial charge is 0.299 e. The standard InChI is InChI=1S/C17H19NO/c1-11-9-12(2)16(13(3)10-11)17(14(4)19)15-5-7-18-8-6-15/h5-10,17H,1-4H3. The Labute approximate surface area is 114 Å². The molecule has 2 aromatic rings. The van der Waals surface area contributed by atoms with Crippen molar-refractivity contribution in [2.45, 2.75) is 33.6 Å². The average Bonchev–Trinajstić information content (AvgIpc) is 2.34. The van der Waals surface area contributed by atoms with Crippen molar-refractivity contribution in [1.82, 2.24) is 4.98 Å². The molecule has 1 aromatic carbocycles. The third-order valence-corrected chi connectivity index (χ3v) is 3.47. The van der Waals surface area contributed by atoms with E-state index in [1.54, 1.807) is 19.3 Å². The van der Waals surface area contributed by atoms with Crippen LogP contribution in [0.2, 0.25) is 0 Å². The van der Waals surface area contributed by atoms with E-state index >= 15 is 0 Å². The molecule has 0 bridgehead atoms. The van der Waals surface area contributed by atoms with Crippen molar-refractivity contribution in [3.63, 3.8) is 0 Å². The minimum atomic E-state index is -0.191. The van der Waals surface area contributed by atoms with Gasteiger partial charge in [0.1, 0.15) is 5.78 Å². The van der Waals surface area contributed by atoms with Crippen LogP contribution in [-0.2, 0) is 4.79 Å². The van der Waals surface area contributed by atoms with Crippen LogP contribution in [0, 0.1) is 20.8 Å². The fourth-order valence-corrected chi connectivity index (χ4v) is 2.81. The number of aryl methyl sites for hydroxylation is 3. The van der Waals surface area contributed by atoms with Crippen LogP contribution in [0.15, 0.2) is 36.7 Å². The molecule has 2 rings (SSSR count). The zero-order valence-electron chi connectivity index (χ0n) is 11.9. The van der Waals surface area contributed by atoms with E-state index in [1.165, 1.54) is 16.7 Å². The third-order valence-electron chi connectivity index (χ3n) is 3.47. The Morgan fingerprint density at radius 2 is 1.58 bits per heavy atom. The molecule has 98 valence electrons. The molecule has 0 radical (unpaired) electrons. The van der Waals surface area contributed by atoms with Gasteiger partial charge in [0.2, 0.25) is 0 Å². The molecule has 0 aliphatic rings. The van der Waals surface area contributed by atoms with Crippen LogP contribution in [0.1, 0.15) is 40.7 Å². The predicted molar refractivity (Wildman–Crippen MR) is 77.4 cm³/mol. The summed E-state index contributed by atoms with van der Waals surface area (Å²) in [4.78, 5) is 16.1. The fourth-order valence-electron chi connectivity index (χ4n) is 2.81. The zero-order chi connectivity index (χ0) is 14.0. The highest BCUT2D eigenvalue weighted by Crippen LogP contribution is 2.31. The maximum atomic E-state index is 12.1. The Morgan fingerprint density at radius 1 is 1.05 bits per heavy atom. The lowest BCUT2D eigenvalue weighted by molar-refractivity contribution is -0.117. The molecule has 1 unspecified atom stereocenters. The number of nitrogens with zero attached hydrogens (tertiary/aromatic N) is 1. The van der Waals surface area contributed by atoms with Crippen molar-refractivity contribution in [3.05, 3.63) is 64.5 Å². The highest BCUT2D eigenvalue weighted by molar-refractivity contribution is 5.87. The molecule has 2 heteroatoms. The second-order valence-electron chi connectivity index (χ2n) is 5.14. The summed E-state index contributed by atoms with van der Waals surface area (Å²) in [5.74, 6) is -0.0233. The molecule has 0 fully saturated rings. The van der Waals surface area contributed by atoms with Gasteiger partial charge in [0.05, 0.1) is 5.92 Å². The van der Waals surface area contributed by atoms with E-state index in [-0.39, 0.29) is 11.7 Å². The minimum absolute atomic E-state index is 0.168. The highest BCUT2D eigenvalue weighted by Gasteiger charge is 2.22. The lowest BCUT2D eigenvalue weighted by Gasteiger charge is -2.20. The number of carbonyl (C=O) groups is 1. The van der Waals surface area contributed by atoms with E-state index in [2.05, 4.69) is 37.9 Å². The molecule has 0 amide bonds. The van der Waals surface area contributed by atoms with Crippen LogP contribution in [-0.4, -0.2) is 10.8 Å². The van der Waals surface area contributed by atoms with Gasteiger partial charge >= 0.3 is 0 Å². The molecule has 0 aliphatic heterocycles. The Morgan fingerprint density at radius 3 is 2.05 bits per heavy atom. The van der Waals surface area contributed by atoms with Gasteiger partial charge in [-0.25, -0.2) is 0 Å². The van der Waals surface area contributed by atoms with Gasteiger partial charge in [-0.15, -0.1) is 0 Å². The third kappa shape index (κ3) is 2.73. The topological polar surface area (TPSA) is 30.0 Å². The van der Waals surface area contributed by atoms with Gasteiger partial charge in [-0.1, -0.05) is 17.7 Å². The van der Waals surface area contributed by atoms with Crippen molar-refractivity contribution < 1.29 is 4.79 Å². The summed E-state index contributed by atoms with van der Waals surface area (Å²) < 4.78 is 0. The van der Waals surface area contributed by atoms with E-state index in [0.717, 1.165) is 11.1 Å². The zero-order valence-corrected chi connectivity index (χ0v) is 11.9. The maximum absolute atomic E-state index is 12.1. The molecule has 0 saturated heterocycles. The Bertz CT molecular complexity index is 579. The molecule has 2 nitrogen and oxygen atoms in total. The second-order valence-corrected chi connectivity index (χ2v) is 5.14. The van der Waals surface area contributed by atoms with Crippen molar-refractivity contribution in [2.75, 3.05) is 0 Å². The van der Waals surface area contributed by atoms with Crippen LogP contribution in [0.25, 0.3) is 0 Å². The van der Waals surface area contributed by atoms with Gasteiger partial charge < -0.3 is 0 Å². The molecule has 0 spiro atoms. The number of hydrogen-bond donors (Lipinski definition) is 0. The molecule has 1 atom stereocenters. The van der Waals surface area contributed by atoms with Crippen LogP contribution in [0.3, 0.4) is 0 Å². The molecule has 0 aliphatic carbocycles. The molecule has 19 heavy (non-hydrogen) atoms. The summed E-state index contributed by atoms with van der Waals surface area (Å²) in [5.41, 5.74) is 5.72. The Hall–Kier alpha value is -1.96. The van der Waals surface area contributed by atoms with Gasteiger partial charge in [0.15, 0.2) is 0 Å². The summed E-state index contributed by atoms with van der Waals surface area (Å²) in [7, 11) is 0. The number of rotatable bonds is 3. The lowest BCUT2D eigenvalue weighted by atomic mass is 9.83. The molecule has 1 heterocycles. The monoisotopic (exact) mass is 253 g/mol. The summed E-state index contributed by atoms with van der Waals surface area (Å²) in [6.07, 6.45) is 3.48. The fraction of sp³-hybridized carbons (Fsp3) is 0.294. The van der Waals surface area contributed by atoms with Crippen LogP contribution in [0.4, 0.5) is 0 Å². The van der Waals surface area contributed by atoms with Gasteiger partial charge in [0, 0.05) is 12.4 Å². The first kappa shape index (κ1) is 13.5. The predicted octanol–water partition coefficient (Wildman–Crippen LogP) is 3.73. The highest BCUT2D eigenvalue weighted by atomic mass is 16.1. The van der Waals surface area contributed by atoms with Crippen LogP contribution >= 0.6 is 0 Å².